The van der Waals surface area contributed by atoms with E-state index in [2.05, 4.69) is 15.3 Å². The van der Waals surface area contributed by atoms with E-state index in [1.807, 2.05) is 6.92 Å². The summed E-state index contributed by atoms with van der Waals surface area (Å²) in [4.78, 5) is 13.8. The van der Waals surface area contributed by atoms with Crippen LogP contribution < -0.4 is 5.32 Å². The van der Waals surface area contributed by atoms with Gasteiger partial charge < -0.3 is 5.32 Å². The minimum atomic E-state index is -3.82. The van der Waals surface area contributed by atoms with Crippen LogP contribution in [0.1, 0.15) is 12.0 Å². The molecule has 1 saturated heterocycles. The van der Waals surface area contributed by atoms with Crippen molar-refractivity contribution in [1.29, 1.82) is 0 Å². The van der Waals surface area contributed by atoms with Gasteiger partial charge in [0.1, 0.15) is 6.04 Å². The Bertz CT molecular complexity index is 678. The fraction of sp³-hybridized carbons (Fsp3) is 0.417. The molecule has 0 unspecified atom stereocenters. The first-order valence-corrected chi connectivity index (χ1v) is 7.65. The van der Waals surface area contributed by atoms with Crippen LogP contribution in [0.5, 0.6) is 0 Å². The highest BCUT2D eigenvalue weighted by molar-refractivity contribution is 7.86. The number of hydrogen-bond acceptors (Lipinski definition) is 5. The minimum Gasteiger partial charge on any atom is -0.352 e. The number of carbonyl (C=O) groups is 1. The SMILES string of the molecule is Cc1ccc(S(=O)(=O)OCC[C@@H]2NC(=O)[C@H]2N=[N+]=[N-])cc1. The third-order valence-electron chi connectivity index (χ3n) is 3.13. The van der Waals surface area contributed by atoms with Crippen LogP contribution in [-0.4, -0.2) is 33.0 Å². The lowest BCUT2D eigenvalue weighted by Crippen LogP contribution is -2.61. The summed E-state index contributed by atoms with van der Waals surface area (Å²) < 4.78 is 28.7. The molecule has 1 heterocycles. The Labute approximate surface area is 121 Å². The van der Waals surface area contributed by atoms with Crippen molar-refractivity contribution in [2.24, 2.45) is 5.11 Å². The minimum absolute atomic E-state index is 0.0809. The molecule has 0 spiro atoms. The summed E-state index contributed by atoms with van der Waals surface area (Å²) in [5.74, 6) is -0.362. The van der Waals surface area contributed by atoms with E-state index in [1.54, 1.807) is 12.1 Å². The lowest BCUT2D eigenvalue weighted by atomic mass is 9.97. The molecule has 2 rings (SSSR count). The van der Waals surface area contributed by atoms with Crippen molar-refractivity contribution >= 4 is 16.0 Å². The first kappa shape index (κ1) is 15.3. The number of β-lactam (4-membered cyclic amide) rings is 1. The van der Waals surface area contributed by atoms with E-state index in [4.69, 9.17) is 9.71 Å². The molecule has 1 aromatic carbocycles. The quantitative estimate of drug-likeness (QED) is 0.279. The van der Waals surface area contributed by atoms with Gasteiger partial charge in [-0.3, -0.25) is 8.98 Å². The highest BCUT2D eigenvalue weighted by atomic mass is 32.2. The lowest BCUT2D eigenvalue weighted by Gasteiger charge is -2.33. The maximum atomic E-state index is 11.9. The van der Waals surface area contributed by atoms with Crippen LogP contribution in [0.15, 0.2) is 34.3 Å². The normalized spacial score (nSPS) is 21.1. The summed E-state index contributed by atoms with van der Waals surface area (Å²) in [6.07, 6.45) is 0.251. The van der Waals surface area contributed by atoms with E-state index in [-0.39, 0.29) is 29.9 Å². The van der Waals surface area contributed by atoms with Crippen molar-refractivity contribution in [2.75, 3.05) is 6.61 Å². The lowest BCUT2D eigenvalue weighted by molar-refractivity contribution is -0.130. The van der Waals surface area contributed by atoms with E-state index in [1.165, 1.54) is 12.1 Å². The maximum Gasteiger partial charge on any atom is 0.296 e. The summed E-state index contributed by atoms with van der Waals surface area (Å²) >= 11 is 0. The van der Waals surface area contributed by atoms with Gasteiger partial charge in [0, 0.05) is 11.0 Å². The van der Waals surface area contributed by atoms with Gasteiger partial charge in [0.05, 0.1) is 11.5 Å². The Morgan fingerprint density at radius 1 is 1.38 bits per heavy atom. The molecule has 1 amide bonds. The number of azide groups is 1. The van der Waals surface area contributed by atoms with Crippen LogP contribution in [0, 0.1) is 6.92 Å². The number of nitrogens with one attached hydrogen (secondary N) is 1. The third kappa shape index (κ3) is 3.52. The number of hydrogen-bond donors (Lipinski definition) is 1. The van der Waals surface area contributed by atoms with Crippen molar-refractivity contribution < 1.29 is 17.4 Å². The van der Waals surface area contributed by atoms with E-state index < -0.39 is 16.2 Å². The van der Waals surface area contributed by atoms with E-state index >= 15 is 0 Å². The predicted octanol–water partition coefficient (Wildman–Crippen LogP) is 1.27. The van der Waals surface area contributed by atoms with Gasteiger partial charge in [-0.05, 0) is 31.0 Å². The molecule has 8 nitrogen and oxygen atoms in total. The highest BCUT2D eigenvalue weighted by Crippen LogP contribution is 2.17. The van der Waals surface area contributed by atoms with Gasteiger partial charge >= 0.3 is 0 Å². The number of benzene rings is 1. The van der Waals surface area contributed by atoms with Gasteiger partial charge in [0.25, 0.3) is 10.1 Å². The van der Waals surface area contributed by atoms with Crippen molar-refractivity contribution in [2.45, 2.75) is 30.3 Å². The molecule has 0 saturated carbocycles. The Morgan fingerprint density at radius 2 is 2.05 bits per heavy atom. The molecule has 9 heteroatoms. The van der Waals surface area contributed by atoms with E-state index in [0.29, 0.717) is 0 Å². The Kier molecular flexibility index (Phi) is 4.46. The third-order valence-corrected chi connectivity index (χ3v) is 4.46. The molecule has 0 aliphatic carbocycles. The second kappa shape index (κ2) is 6.13. The standard InChI is InChI=1S/C12H14N4O4S/c1-8-2-4-9(5-3-8)21(18,19)20-7-6-10-11(15-16-13)12(17)14-10/h2-5,10-11H,6-7H2,1H3,(H,14,17)/t10-,11-/m0/s1. The zero-order valence-corrected chi connectivity index (χ0v) is 12.1. The zero-order chi connectivity index (χ0) is 15.5. The summed E-state index contributed by atoms with van der Waals surface area (Å²) in [6.45, 7) is 1.75. The molecule has 2 atom stereocenters. The molecule has 1 aromatic rings. The Morgan fingerprint density at radius 3 is 2.62 bits per heavy atom. The number of aryl methyl sites for hydroxylation is 1. The van der Waals surface area contributed by atoms with Crippen LogP contribution in [-0.2, 0) is 19.1 Å². The van der Waals surface area contributed by atoms with Gasteiger partial charge in [-0.1, -0.05) is 22.8 Å². The molecule has 21 heavy (non-hydrogen) atoms. The Hall–Kier alpha value is -2.09. The first-order chi connectivity index (χ1) is 9.94. The summed E-state index contributed by atoms with van der Waals surface area (Å²) in [5.41, 5.74) is 9.26. The van der Waals surface area contributed by atoms with Gasteiger partial charge in [0.15, 0.2) is 0 Å². The molecule has 1 aliphatic heterocycles. The fourth-order valence-electron chi connectivity index (χ4n) is 1.91. The average Bonchev–Trinajstić information content (AvgIpc) is 2.44. The van der Waals surface area contributed by atoms with Crippen molar-refractivity contribution in [3.8, 4) is 0 Å². The number of amides is 1. The predicted molar refractivity (Wildman–Crippen MR) is 73.8 cm³/mol. The summed E-state index contributed by atoms with van der Waals surface area (Å²) in [5, 5.41) is 5.87. The topological polar surface area (TPSA) is 121 Å². The fourth-order valence-corrected chi connectivity index (χ4v) is 2.83. The molecule has 0 bridgehead atoms. The zero-order valence-electron chi connectivity index (χ0n) is 11.3. The van der Waals surface area contributed by atoms with Gasteiger partial charge in [-0.2, -0.15) is 8.42 Å². The second-order valence-electron chi connectivity index (χ2n) is 4.64. The van der Waals surface area contributed by atoms with Crippen LogP contribution >= 0.6 is 0 Å². The van der Waals surface area contributed by atoms with E-state index in [9.17, 15) is 13.2 Å². The molecule has 1 N–H and O–H groups in total. The average molecular weight is 310 g/mol. The van der Waals surface area contributed by atoms with Gasteiger partial charge in [-0.25, -0.2) is 0 Å². The molecule has 1 aliphatic rings. The van der Waals surface area contributed by atoms with Crippen LogP contribution in [0.3, 0.4) is 0 Å². The van der Waals surface area contributed by atoms with Crippen LogP contribution in [0.25, 0.3) is 10.4 Å². The molecule has 112 valence electrons. The van der Waals surface area contributed by atoms with Crippen LogP contribution in [0.4, 0.5) is 0 Å². The van der Waals surface area contributed by atoms with Crippen molar-refractivity contribution in [3.63, 3.8) is 0 Å². The maximum absolute atomic E-state index is 11.9. The number of nitrogens with zero attached hydrogens (tertiary/aromatic N) is 3. The molecule has 0 aromatic heterocycles. The summed E-state index contributed by atoms with van der Waals surface area (Å²) in [7, 11) is -3.82. The van der Waals surface area contributed by atoms with E-state index in [0.717, 1.165) is 5.56 Å². The highest BCUT2D eigenvalue weighted by Gasteiger charge is 2.38. The largest absolute Gasteiger partial charge is 0.352 e. The van der Waals surface area contributed by atoms with Crippen molar-refractivity contribution in [3.05, 3.63) is 40.3 Å². The smallest absolute Gasteiger partial charge is 0.296 e. The van der Waals surface area contributed by atoms with Crippen molar-refractivity contribution in [1.82, 2.24) is 5.32 Å². The first-order valence-electron chi connectivity index (χ1n) is 6.25. The van der Waals surface area contributed by atoms with Crippen LogP contribution in [0.2, 0.25) is 0 Å². The van der Waals surface area contributed by atoms with Gasteiger partial charge in [-0.15, -0.1) is 0 Å². The molecule has 1 fully saturated rings. The number of rotatable bonds is 6. The molecular formula is C12H14N4O4S. The monoisotopic (exact) mass is 310 g/mol. The number of carbonyl (C=O) groups excluding carboxylic acids is 1. The molecule has 0 radical (unpaired) electrons. The Balaban J connectivity index is 1.90. The van der Waals surface area contributed by atoms with Gasteiger partial charge in [0.2, 0.25) is 5.91 Å². The summed E-state index contributed by atoms with van der Waals surface area (Å²) in [6, 6.07) is 5.12. The molecular weight excluding hydrogens is 296 g/mol. The second-order valence-corrected chi connectivity index (χ2v) is 6.26.